The number of hydrogen-bond acceptors (Lipinski definition) is 3. The smallest absolute Gasteiger partial charge is 0.257 e. The van der Waals surface area contributed by atoms with Gasteiger partial charge in [-0.3, -0.25) is 9.78 Å². The first-order valence-electron chi connectivity index (χ1n) is 7.32. The molecule has 2 aromatic rings. The molecular weight excluding hydrogens is 342 g/mol. The van der Waals surface area contributed by atoms with Gasteiger partial charge in [0.15, 0.2) is 0 Å². The van der Waals surface area contributed by atoms with E-state index in [1.165, 1.54) is 0 Å². The van der Waals surface area contributed by atoms with Crippen LogP contribution in [0.4, 0.5) is 11.4 Å². The van der Waals surface area contributed by atoms with Gasteiger partial charge in [0.05, 0.1) is 17.4 Å². The maximum absolute atomic E-state index is 12.4. The number of rotatable bonds is 5. The van der Waals surface area contributed by atoms with Crippen LogP contribution in [-0.2, 0) is 0 Å². The molecule has 1 heterocycles. The Bertz CT molecular complexity index is 669. The zero-order valence-electron chi connectivity index (χ0n) is 13.1. The molecule has 0 fully saturated rings. The van der Waals surface area contributed by atoms with Gasteiger partial charge in [0.2, 0.25) is 0 Å². The van der Waals surface area contributed by atoms with Crippen molar-refractivity contribution in [3.8, 4) is 0 Å². The first-order chi connectivity index (χ1) is 10.5. The summed E-state index contributed by atoms with van der Waals surface area (Å²) in [6.07, 6.45) is 3.37. The minimum absolute atomic E-state index is 0.155. The van der Waals surface area contributed by atoms with Crippen LogP contribution in [0.25, 0.3) is 0 Å². The number of amides is 1. The lowest BCUT2D eigenvalue weighted by molar-refractivity contribution is 0.102. The summed E-state index contributed by atoms with van der Waals surface area (Å²) >= 11 is 3.47. The summed E-state index contributed by atoms with van der Waals surface area (Å²) in [7, 11) is 0. The Morgan fingerprint density at radius 1 is 1.23 bits per heavy atom. The fourth-order valence-corrected chi connectivity index (χ4v) is 2.57. The van der Waals surface area contributed by atoms with Gasteiger partial charge in [0, 0.05) is 29.4 Å². The summed E-state index contributed by atoms with van der Waals surface area (Å²) in [5, 5.41) is 2.90. The van der Waals surface area contributed by atoms with Crippen LogP contribution in [0, 0.1) is 6.92 Å². The van der Waals surface area contributed by atoms with E-state index in [1.54, 1.807) is 12.4 Å². The fraction of sp³-hybridized carbons (Fsp3) is 0.294. The topological polar surface area (TPSA) is 45.2 Å². The highest BCUT2D eigenvalue weighted by Crippen LogP contribution is 2.21. The van der Waals surface area contributed by atoms with E-state index in [-0.39, 0.29) is 5.91 Å². The maximum Gasteiger partial charge on any atom is 0.257 e. The van der Waals surface area contributed by atoms with Crippen LogP contribution in [0.2, 0.25) is 0 Å². The molecule has 0 aliphatic heterocycles. The molecule has 0 radical (unpaired) electrons. The Morgan fingerprint density at radius 3 is 2.59 bits per heavy atom. The van der Waals surface area contributed by atoms with Gasteiger partial charge in [-0.25, -0.2) is 0 Å². The number of anilines is 2. The number of nitrogens with one attached hydrogen (secondary N) is 1. The average molecular weight is 362 g/mol. The molecule has 1 N–H and O–H groups in total. The van der Waals surface area contributed by atoms with E-state index >= 15 is 0 Å². The Labute approximate surface area is 139 Å². The molecule has 0 saturated heterocycles. The lowest BCUT2D eigenvalue weighted by Crippen LogP contribution is -2.22. The van der Waals surface area contributed by atoms with Gasteiger partial charge in [-0.05, 0) is 44.5 Å². The number of hydrogen-bond donors (Lipinski definition) is 1. The van der Waals surface area contributed by atoms with Crippen LogP contribution >= 0.6 is 15.9 Å². The number of pyridine rings is 1. The first-order valence-corrected chi connectivity index (χ1v) is 8.12. The summed E-state index contributed by atoms with van der Waals surface area (Å²) in [6.45, 7) is 7.94. The molecule has 2 rings (SSSR count). The van der Waals surface area contributed by atoms with Crippen molar-refractivity contribution < 1.29 is 4.79 Å². The molecule has 4 nitrogen and oxygen atoms in total. The first kappa shape index (κ1) is 16.5. The fourth-order valence-electron chi connectivity index (χ4n) is 2.19. The van der Waals surface area contributed by atoms with Gasteiger partial charge in [0.25, 0.3) is 5.91 Å². The Kier molecular flexibility index (Phi) is 5.55. The molecule has 0 aliphatic rings. The van der Waals surface area contributed by atoms with Crippen molar-refractivity contribution in [2.75, 3.05) is 23.3 Å². The highest BCUT2D eigenvalue weighted by Gasteiger charge is 2.10. The molecule has 116 valence electrons. The van der Waals surface area contributed by atoms with Gasteiger partial charge < -0.3 is 10.2 Å². The largest absolute Gasteiger partial charge is 0.371 e. The van der Waals surface area contributed by atoms with Crippen molar-refractivity contribution in [2.24, 2.45) is 0 Å². The predicted molar refractivity (Wildman–Crippen MR) is 94.6 cm³/mol. The molecule has 0 unspecified atom stereocenters. The highest BCUT2D eigenvalue weighted by atomic mass is 79.9. The van der Waals surface area contributed by atoms with Crippen LogP contribution in [0.15, 0.2) is 41.1 Å². The van der Waals surface area contributed by atoms with Crippen LogP contribution < -0.4 is 10.2 Å². The normalized spacial score (nSPS) is 10.4. The van der Waals surface area contributed by atoms with Crippen LogP contribution in [-0.4, -0.2) is 24.0 Å². The van der Waals surface area contributed by atoms with Crippen molar-refractivity contribution in [1.29, 1.82) is 0 Å². The average Bonchev–Trinajstić information content (AvgIpc) is 2.52. The van der Waals surface area contributed by atoms with Gasteiger partial charge in [-0.2, -0.15) is 0 Å². The number of nitrogens with zero attached hydrogens (tertiary/aromatic N) is 2. The van der Waals surface area contributed by atoms with E-state index in [2.05, 4.69) is 45.0 Å². The molecule has 0 bridgehead atoms. The van der Waals surface area contributed by atoms with Crippen molar-refractivity contribution in [3.05, 3.63) is 52.3 Å². The minimum atomic E-state index is -0.155. The van der Waals surface area contributed by atoms with E-state index in [0.29, 0.717) is 5.56 Å². The zero-order chi connectivity index (χ0) is 16.1. The third-order valence-corrected chi connectivity index (χ3v) is 4.40. The lowest BCUT2D eigenvalue weighted by Gasteiger charge is -2.20. The van der Waals surface area contributed by atoms with Crippen LogP contribution in [0.3, 0.4) is 0 Å². The van der Waals surface area contributed by atoms with Gasteiger partial charge in [-0.1, -0.05) is 22.0 Å². The van der Waals surface area contributed by atoms with E-state index in [4.69, 9.17) is 0 Å². The van der Waals surface area contributed by atoms with Crippen molar-refractivity contribution in [1.82, 2.24) is 4.98 Å². The van der Waals surface area contributed by atoms with E-state index in [1.807, 2.05) is 31.2 Å². The number of benzene rings is 1. The summed E-state index contributed by atoms with van der Waals surface area (Å²) in [6, 6.07) is 7.62. The van der Waals surface area contributed by atoms with Crippen LogP contribution in [0.5, 0.6) is 0 Å². The molecule has 0 aliphatic carbocycles. The number of halogens is 1. The monoisotopic (exact) mass is 361 g/mol. The highest BCUT2D eigenvalue weighted by molar-refractivity contribution is 9.10. The third-order valence-electron chi connectivity index (χ3n) is 3.54. The Morgan fingerprint density at radius 2 is 1.95 bits per heavy atom. The maximum atomic E-state index is 12.4. The number of carbonyl (C=O) groups excluding carboxylic acids is 1. The van der Waals surface area contributed by atoms with E-state index in [9.17, 15) is 4.79 Å². The molecule has 22 heavy (non-hydrogen) atoms. The second-order valence-corrected chi connectivity index (χ2v) is 5.88. The minimum Gasteiger partial charge on any atom is -0.371 e. The molecule has 0 saturated carbocycles. The molecule has 0 spiro atoms. The van der Waals surface area contributed by atoms with Crippen LogP contribution in [0.1, 0.15) is 29.8 Å². The zero-order valence-corrected chi connectivity index (χ0v) is 14.6. The summed E-state index contributed by atoms with van der Waals surface area (Å²) in [4.78, 5) is 18.7. The van der Waals surface area contributed by atoms with Gasteiger partial charge in [-0.15, -0.1) is 0 Å². The number of aryl methyl sites for hydroxylation is 1. The van der Waals surface area contributed by atoms with Gasteiger partial charge >= 0.3 is 0 Å². The predicted octanol–water partition coefficient (Wildman–Crippen LogP) is 4.25. The second-order valence-electron chi connectivity index (χ2n) is 5.02. The Balaban J connectivity index is 2.18. The Hall–Kier alpha value is -1.88. The SMILES string of the molecule is CCN(CC)c1cncc(C(=O)Nc2ccc(C)c(Br)c2)c1. The molecule has 0 atom stereocenters. The summed E-state index contributed by atoms with van der Waals surface area (Å²) < 4.78 is 0.973. The quantitative estimate of drug-likeness (QED) is 0.865. The molecular formula is C17H20BrN3O. The second kappa shape index (κ2) is 7.40. The number of aromatic nitrogens is 1. The standard InChI is InChI=1S/C17H20BrN3O/c1-4-21(5-2)15-8-13(10-19-11-15)17(22)20-14-7-6-12(3)16(18)9-14/h6-11H,4-5H2,1-3H3,(H,20,22). The number of carbonyl (C=O) groups is 1. The molecule has 5 heteroatoms. The lowest BCUT2D eigenvalue weighted by atomic mass is 10.2. The summed E-state index contributed by atoms with van der Waals surface area (Å²) in [5.74, 6) is -0.155. The van der Waals surface area contributed by atoms with E-state index < -0.39 is 0 Å². The molecule has 1 aromatic heterocycles. The van der Waals surface area contributed by atoms with Crippen molar-refractivity contribution in [2.45, 2.75) is 20.8 Å². The molecule has 1 aromatic carbocycles. The van der Waals surface area contributed by atoms with Crippen molar-refractivity contribution >= 4 is 33.2 Å². The van der Waals surface area contributed by atoms with Gasteiger partial charge in [0.1, 0.15) is 0 Å². The third kappa shape index (κ3) is 3.85. The van der Waals surface area contributed by atoms with Crippen molar-refractivity contribution in [3.63, 3.8) is 0 Å². The molecule has 1 amide bonds. The summed E-state index contributed by atoms with van der Waals surface area (Å²) in [5.41, 5.74) is 3.41. The van der Waals surface area contributed by atoms with E-state index in [0.717, 1.165) is 34.5 Å².